The van der Waals surface area contributed by atoms with Gasteiger partial charge in [-0.05, 0) is 28.8 Å². The second-order valence-corrected chi connectivity index (χ2v) is 4.52. The van der Waals surface area contributed by atoms with E-state index in [1.807, 2.05) is 0 Å². The second kappa shape index (κ2) is 5.84. The minimum Gasteiger partial charge on any atom is -0.396 e. The summed E-state index contributed by atoms with van der Waals surface area (Å²) in [5.41, 5.74) is 0. The Labute approximate surface area is 59.9 Å². The number of thiol groups is 1. The Morgan fingerprint density at radius 3 is 2.50 bits per heavy atom. The largest absolute Gasteiger partial charge is 0.396 e. The van der Waals surface area contributed by atoms with Crippen molar-refractivity contribution >= 4 is 30.7 Å². The molecule has 0 rings (SSSR count). The number of rotatable bonds is 4. The number of aliphatic hydroxyl groups is 1. The van der Waals surface area contributed by atoms with Crippen molar-refractivity contribution in [2.75, 3.05) is 13.2 Å². The Hall–Kier alpha value is 0.710. The quantitative estimate of drug-likeness (QED) is 0.445. The van der Waals surface area contributed by atoms with Crippen LogP contribution in [0.2, 0.25) is 0 Å². The lowest BCUT2D eigenvalue weighted by atomic mass is 10.5. The zero-order valence-corrected chi connectivity index (χ0v) is 6.77. The summed E-state index contributed by atoms with van der Waals surface area (Å²) in [5, 5.41) is 8.24. The van der Waals surface area contributed by atoms with E-state index in [-0.39, 0.29) is 6.61 Å². The molecule has 50 valence electrons. The molecule has 0 bridgehead atoms. The van der Waals surface area contributed by atoms with E-state index in [9.17, 15) is 0 Å². The van der Waals surface area contributed by atoms with E-state index in [4.69, 9.17) is 9.29 Å². The van der Waals surface area contributed by atoms with Gasteiger partial charge in [-0.15, -0.1) is 0 Å². The van der Waals surface area contributed by atoms with E-state index in [2.05, 4.69) is 22.4 Å². The lowest BCUT2D eigenvalue weighted by Gasteiger charge is -1.92. The molecule has 0 saturated heterocycles. The molecule has 0 aromatic heterocycles. The third-order valence-corrected chi connectivity index (χ3v) is 1.52. The SMILES string of the molecule is OCCCO[SH](=S)=S. The normalized spacial score (nSPS) is 10.2. The third kappa shape index (κ3) is 6.71. The average molecular weight is 172 g/mol. The lowest BCUT2D eigenvalue weighted by molar-refractivity contribution is 0.250. The molecule has 0 radical (unpaired) electrons. The van der Waals surface area contributed by atoms with Gasteiger partial charge in [0.05, 0.1) is 6.61 Å². The van der Waals surface area contributed by atoms with Crippen molar-refractivity contribution in [3.8, 4) is 0 Å². The van der Waals surface area contributed by atoms with Crippen LogP contribution in [-0.2, 0) is 34.9 Å². The summed E-state index contributed by atoms with van der Waals surface area (Å²) in [5.74, 6) is 0. The Bertz CT molecular complexity index is 101. The molecule has 0 aliphatic carbocycles. The van der Waals surface area contributed by atoms with Gasteiger partial charge in [-0.25, -0.2) is 0 Å². The van der Waals surface area contributed by atoms with Gasteiger partial charge in [0.15, 0.2) is 0 Å². The summed E-state index contributed by atoms with van der Waals surface area (Å²) in [4.78, 5) is 0. The Kier molecular flexibility index (Phi) is 6.36. The van der Waals surface area contributed by atoms with Crippen LogP contribution in [0.15, 0.2) is 0 Å². The van der Waals surface area contributed by atoms with E-state index in [0.29, 0.717) is 13.0 Å². The fourth-order valence-electron chi connectivity index (χ4n) is 0.204. The lowest BCUT2D eigenvalue weighted by Crippen LogP contribution is -1.93. The molecule has 0 unspecified atom stereocenters. The summed E-state index contributed by atoms with van der Waals surface area (Å²) >= 11 is 9.14. The zero-order chi connectivity index (χ0) is 6.41. The molecule has 5 heteroatoms. The van der Waals surface area contributed by atoms with Gasteiger partial charge in [0.2, 0.25) is 0 Å². The second-order valence-electron chi connectivity index (χ2n) is 1.13. The fourth-order valence-corrected chi connectivity index (χ4v) is 0.929. The van der Waals surface area contributed by atoms with Crippen LogP contribution in [0.3, 0.4) is 0 Å². The highest BCUT2D eigenvalue weighted by Crippen LogP contribution is 1.79. The molecule has 0 aliphatic rings. The van der Waals surface area contributed by atoms with E-state index in [1.54, 1.807) is 0 Å². The minimum atomic E-state index is -1.06. The molecule has 0 aromatic rings. The highest BCUT2D eigenvalue weighted by molar-refractivity contribution is 8.44. The molecular weight excluding hydrogens is 164 g/mol. The molecule has 0 aromatic carbocycles. The molecular formula is C3H8O2S3. The first-order chi connectivity index (χ1) is 3.77. The Morgan fingerprint density at radius 2 is 2.12 bits per heavy atom. The van der Waals surface area contributed by atoms with Gasteiger partial charge in [-0.2, -0.15) is 0 Å². The smallest absolute Gasteiger partial charge is 0.0638 e. The Morgan fingerprint density at radius 1 is 1.50 bits per heavy atom. The molecule has 0 amide bonds. The van der Waals surface area contributed by atoms with Crippen LogP contribution in [0.5, 0.6) is 0 Å². The Balaban J connectivity index is 2.94. The van der Waals surface area contributed by atoms with Crippen LogP contribution in [0.1, 0.15) is 6.42 Å². The van der Waals surface area contributed by atoms with E-state index < -0.39 is 8.29 Å². The molecule has 2 nitrogen and oxygen atoms in total. The molecule has 0 atom stereocenters. The predicted molar refractivity (Wildman–Crippen MR) is 41.1 cm³/mol. The fraction of sp³-hybridized carbons (Fsp3) is 1.00. The number of hydrogen-bond donors (Lipinski definition) is 2. The van der Waals surface area contributed by atoms with Crippen LogP contribution in [0, 0.1) is 0 Å². The topological polar surface area (TPSA) is 29.5 Å². The highest BCUT2D eigenvalue weighted by atomic mass is 33.1. The molecule has 0 aliphatic heterocycles. The number of aliphatic hydroxyl groups excluding tert-OH is 1. The average Bonchev–Trinajstić information content (AvgIpc) is 1.66. The maximum atomic E-state index is 8.24. The van der Waals surface area contributed by atoms with Crippen molar-refractivity contribution in [1.82, 2.24) is 0 Å². The van der Waals surface area contributed by atoms with E-state index >= 15 is 0 Å². The highest BCUT2D eigenvalue weighted by Gasteiger charge is 1.80. The summed E-state index contributed by atoms with van der Waals surface area (Å²) in [7, 11) is -1.06. The van der Waals surface area contributed by atoms with Crippen LogP contribution in [0.25, 0.3) is 0 Å². The summed E-state index contributed by atoms with van der Waals surface area (Å²) < 4.78 is 4.82. The van der Waals surface area contributed by atoms with Gasteiger partial charge in [-0.3, -0.25) is 0 Å². The van der Waals surface area contributed by atoms with Crippen LogP contribution >= 0.6 is 0 Å². The molecule has 0 heterocycles. The van der Waals surface area contributed by atoms with Gasteiger partial charge >= 0.3 is 0 Å². The number of hydrogen-bond acceptors (Lipinski definition) is 4. The molecule has 8 heavy (non-hydrogen) atoms. The zero-order valence-electron chi connectivity index (χ0n) is 4.24. The van der Waals surface area contributed by atoms with Crippen molar-refractivity contribution in [1.29, 1.82) is 0 Å². The van der Waals surface area contributed by atoms with Gasteiger partial charge in [0, 0.05) is 14.9 Å². The predicted octanol–water partition coefficient (Wildman–Crippen LogP) is -0.425. The van der Waals surface area contributed by atoms with Crippen LogP contribution in [-0.4, -0.2) is 18.3 Å². The molecule has 1 N–H and O–H groups in total. The van der Waals surface area contributed by atoms with Crippen molar-refractivity contribution in [2.24, 2.45) is 0 Å². The standard InChI is InChI=1S/C3H8O2S3/c4-2-1-3-5-8(6)7/h4,8H,1-3H2. The maximum absolute atomic E-state index is 8.24. The first-order valence-electron chi connectivity index (χ1n) is 2.15. The molecule has 0 fully saturated rings. The third-order valence-electron chi connectivity index (χ3n) is 0.499. The first kappa shape index (κ1) is 8.71. The molecule has 0 saturated carbocycles. The summed E-state index contributed by atoms with van der Waals surface area (Å²) in [6.45, 7) is 0.642. The maximum Gasteiger partial charge on any atom is 0.0638 e. The monoisotopic (exact) mass is 172 g/mol. The van der Waals surface area contributed by atoms with Crippen LogP contribution in [0.4, 0.5) is 0 Å². The van der Waals surface area contributed by atoms with Crippen molar-refractivity contribution < 1.29 is 9.29 Å². The van der Waals surface area contributed by atoms with Crippen molar-refractivity contribution in [2.45, 2.75) is 6.42 Å². The van der Waals surface area contributed by atoms with Gasteiger partial charge in [0.25, 0.3) is 0 Å². The van der Waals surface area contributed by atoms with E-state index in [0.717, 1.165) is 0 Å². The first-order valence-corrected chi connectivity index (χ1v) is 5.44. The van der Waals surface area contributed by atoms with Gasteiger partial charge in [0.1, 0.15) is 0 Å². The van der Waals surface area contributed by atoms with Crippen LogP contribution < -0.4 is 0 Å². The minimum absolute atomic E-state index is 0.147. The molecule has 0 spiro atoms. The van der Waals surface area contributed by atoms with Crippen molar-refractivity contribution in [3.63, 3.8) is 0 Å². The summed E-state index contributed by atoms with van der Waals surface area (Å²) in [6, 6.07) is 0. The van der Waals surface area contributed by atoms with E-state index in [1.165, 1.54) is 0 Å². The van der Waals surface area contributed by atoms with Gasteiger partial charge < -0.3 is 9.29 Å². The van der Waals surface area contributed by atoms with Gasteiger partial charge in [-0.1, -0.05) is 0 Å². The summed E-state index contributed by atoms with van der Waals surface area (Å²) in [6.07, 6.45) is 0.631. The van der Waals surface area contributed by atoms with Crippen molar-refractivity contribution in [3.05, 3.63) is 0 Å².